The molecule has 13 heavy (non-hydrogen) atoms. The minimum atomic E-state index is -0.503. The molecule has 0 radical (unpaired) electrons. The van der Waals surface area contributed by atoms with Crippen molar-refractivity contribution in [3.63, 3.8) is 0 Å². The number of rotatable bonds is 3. The molecule has 0 aliphatic rings. The fourth-order valence-electron chi connectivity index (χ4n) is 0.974. The summed E-state index contributed by atoms with van der Waals surface area (Å²) in [5.74, 6) is -0.0527. The summed E-state index contributed by atoms with van der Waals surface area (Å²) in [5.41, 5.74) is 0.719. The van der Waals surface area contributed by atoms with Gasteiger partial charge in [-0.05, 0) is 11.6 Å². The molecule has 0 saturated heterocycles. The van der Waals surface area contributed by atoms with Gasteiger partial charge in [-0.1, -0.05) is 0 Å². The van der Waals surface area contributed by atoms with Gasteiger partial charge in [-0.2, -0.15) is 5.26 Å². The molecule has 1 unspecified atom stereocenters. The number of hydrogen-bond acceptors (Lipinski definition) is 4. The highest BCUT2D eigenvalue weighted by Gasteiger charge is 2.09. The number of ether oxygens (including phenoxy) is 1. The number of nitriles is 1. The van der Waals surface area contributed by atoms with Gasteiger partial charge in [-0.25, -0.2) is 4.98 Å². The van der Waals surface area contributed by atoms with Crippen molar-refractivity contribution >= 4 is 0 Å². The third kappa shape index (κ3) is 2.17. The molecule has 4 nitrogen and oxygen atoms in total. The number of pyridine rings is 1. The maximum atomic E-state index is 8.86. The molecule has 0 aliphatic carbocycles. The Bertz CT molecular complexity index is 320. The third-order valence-corrected chi connectivity index (χ3v) is 1.71. The zero-order valence-corrected chi connectivity index (χ0v) is 7.27. The maximum Gasteiger partial charge on any atom is 0.213 e. The molecule has 0 aromatic carbocycles. The summed E-state index contributed by atoms with van der Waals surface area (Å²) in [6.45, 7) is -0.191. The zero-order chi connectivity index (χ0) is 9.68. The van der Waals surface area contributed by atoms with E-state index in [1.54, 1.807) is 18.3 Å². The monoisotopic (exact) mass is 178 g/mol. The molecule has 1 rings (SSSR count). The van der Waals surface area contributed by atoms with Crippen LogP contribution in [0.2, 0.25) is 0 Å². The molecule has 68 valence electrons. The van der Waals surface area contributed by atoms with E-state index in [0.29, 0.717) is 5.88 Å². The highest BCUT2D eigenvalue weighted by Crippen LogP contribution is 2.17. The van der Waals surface area contributed by atoms with Crippen LogP contribution in [0.25, 0.3) is 0 Å². The van der Waals surface area contributed by atoms with E-state index in [4.69, 9.17) is 15.1 Å². The minimum Gasteiger partial charge on any atom is -0.481 e. The van der Waals surface area contributed by atoms with Crippen LogP contribution >= 0.6 is 0 Å². The molecule has 1 aromatic heterocycles. The lowest BCUT2D eigenvalue weighted by atomic mass is 10.0. The average molecular weight is 178 g/mol. The summed E-state index contributed by atoms with van der Waals surface area (Å²) >= 11 is 0. The Balaban J connectivity index is 2.94. The number of aliphatic hydroxyl groups excluding tert-OH is 1. The number of methoxy groups -OCH3 is 1. The van der Waals surface area contributed by atoms with Gasteiger partial charge < -0.3 is 9.84 Å². The van der Waals surface area contributed by atoms with Crippen molar-refractivity contribution in [2.45, 2.75) is 5.92 Å². The topological polar surface area (TPSA) is 66.1 Å². The van der Waals surface area contributed by atoms with Crippen molar-refractivity contribution < 1.29 is 9.84 Å². The fourth-order valence-corrected chi connectivity index (χ4v) is 0.974. The smallest absolute Gasteiger partial charge is 0.213 e. The average Bonchev–Trinajstić information content (AvgIpc) is 2.20. The molecule has 0 amide bonds. The molecule has 0 saturated carbocycles. The number of hydrogen-bond donors (Lipinski definition) is 1. The largest absolute Gasteiger partial charge is 0.481 e. The Kier molecular flexibility index (Phi) is 3.23. The highest BCUT2D eigenvalue weighted by atomic mass is 16.5. The number of aliphatic hydroxyl groups is 1. The lowest BCUT2D eigenvalue weighted by Gasteiger charge is -2.06. The molecule has 0 fully saturated rings. The van der Waals surface area contributed by atoms with Gasteiger partial charge in [-0.15, -0.1) is 0 Å². The van der Waals surface area contributed by atoms with Crippen molar-refractivity contribution in [1.82, 2.24) is 4.98 Å². The van der Waals surface area contributed by atoms with E-state index in [0.717, 1.165) is 5.56 Å². The lowest BCUT2D eigenvalue weighted by molar-refractivity contribution is 0.285. The highest BCUT2D eigenvalue weighted by molar-refractivity contribution is 5.28. The van der Waals surface area contributed by atoms with Gasteiger partial charge in [0.2, 0.25) is 5.88 Å². The predicted octanol–water partition coefficient (Wildman–Crippen LogP) is 0.690. The first-order valence-electron chi connectivity index (χ1n) is 3.82. The van der Waals surface area contributed by atoms with Crippen molar-refractivity contribution in [1.29, 1.82) is 5.26 Å². The Morgan fingerprint density at radius 1 is 1.77 bits per heavy atom. The molecule has 1 atom stereocenters. The van der Waals surface area contributed by atoms with Crippen LogP contribution in [0, 0.1) is 11.3 Å². The Labute approximate surface area is 76.4 Å². The molecule has 0 aliphatic heterocycles. The van der Waals surface area contributed by atoms with E-state index in [1.165, 1.54) is 7.11 Å². The van der Waals surface area contributed by atoms with Crippen LogP contribution in [0.1, 0.15) is 11.5 Å². The lowest BCUT2D eigenvalue weighted by Crippen LogP contribution is -2.01. The first kappa shape index (κ1) is 9.49. The molecular formula is C9H10N2O2. The standard InChI is InChI=1S/C9H10N2O2/c1-13-9-4-7(2-3-11-9)8(5-10)6-12/h2-4,8,12H,6H2,1H3. The minimum absolute atomic E-state index is 0.191. The van der Waals surface area contributed by atoms with Gasteiger partial charge in [0.25, 0.3) is 0 Å². The van der Waals surface area contributed by atoms with Gasteiger partial charge in [0.05, 0.1) is 25.7 Å². The van der Waals surface area contributed by atoms with Crippen molar-refractivity contribution in [2.24, 2.45) is 0 Å². The normalized spacial score (nSPS) is 11.8. The van der Waals surface area contributed by atoms with Crippen LogP contribution in [0.5, 0.6) is 5.88 Å². The summed E-state index contributed by atoms with van der Waals surface area (Å²) in [4.78, 5) is 3.90. The molecule has 1 heterocycles. The second kappa shape index (κ2) is 4.43. The van der Waals surface area contributed by atoms with E-state index in [9.17, 15) is 0 Å². The Hall–Kier alpha value is -1.60. The van der Waals surface area contributed by atoms with Crippen LogP contribution in [-0.4, -0.2) is 23.8 Å². The Morgan fingerprint density at radius 3 is 3.08 bits per heavy atom. The molecule has 4 heteroatoms. The molecular weight excluding hydrogens is 168 g/mol. The van der Waals surface area contributed by atoms with Gasteiger partial charge in [0.1, 0.15) is 0 Å². The number of aromatic nitrogens is 1. The van der Waals surface area contributed by atoms with Gasteiger partial charge in [-0.3, -0.25) is 0 Å². The zero-order valence-electron chi connectivity index (χ0n) is 7.27. The van der Waals surface area contributed by atoms with E-state index >= 15 is 0 Å². The van der Waals surface area contributed by atoms with Gasteiger partial charge >= 0.3 is 0 Å². The van der Waals surface area contributed by atoms with E-state index in [1.807, 2.05) is 6.07 Å². The second-order valence-corrected chi connectivity index (χ2v) is 2.50. The summed E-state index contributed by atoms with van der Waals surface area (Å²) < 4.78 is 4.89. The van der Waals surface area contributed by atoms with E-state index in [2.05, 4.69) is 4.98 Å². The maximum absolute atomic E-state index is 8.86. The van der Waals surface area contributed by atoms with Crippen LogP contribution in [0.4, 0.5) is 0 Å². The summed E-state index contributed by atoms with van der Waals surface area (Å²) in [7, 11) is 1.51. The Morgan fingerprint density at radius 2 is 2.54 bits per heavy atom. The first-order chi connectivity index (χ1) is 6.31. The van der Waals surface area contributed by atoms with Crippen LogP contribution in [0.3, 0.4) is 0 Å². The molecule has 0 bridgehead atoms. The summed E-state index contributed by atoms with van der Waals surface area (Å²) in [5, 5.41) is 17.5. The van der Waals surface area contributed by atoms with E-state index < -0.39 is 5.92 Å². The second-order valence-electron chi connectivity index (χ2n) is 2.50. The summed E-state index contributed by atoms with van der Waals surface area (Å²) in [6, 6.07) is 5.32. The SMILES string of the molecule is COc1cc(C(C#N)CO)ccn1. The quantitative estimate of drug-likeness (QED) is 0.739. The van der Waals surface area contributed by atoms with E-state index in [-0.39, 0.29) is 6.61 Å². The third-order valence-electron chi connectivity index (χ3n) is 1.71. The first-order valence-corrected chi connectivity index (χ1v) is 3.82. The molecule has 0 spiro atoms. The van der Waals surface area contributed by atoms with Crippen molar-refractivity contribution in [3.8, 4) is 11.9 Å². The van der Waals surface area contributed by atoms with Crippen LogP contribution in [-0.2, 0) is 0 Å². The molecule has 1 aromatic rings. The van der Waals surface area contributed by atoms with Crippen LogP contribution in [0.15, 0.2) is 18.3 Å². The van der Waals surface area contributed by atoms with Gasteiger partial charge in [0, 0.05) is 12.3 Å². The van der Waals surface area contributed by atoms with Gasteiger partial charge in [0.15, 0.2) is 0 Å². The summed E-state index contributed by atoms with van der Waals surface area (Å²) in [6.07, 6.45) is 1.55. The molecule has 1 N–H and O–H groups in total. The number of nitrogens with zero attached hydrogens (tertiary/aromatic N) is 2. The van der Waals surface area contributed by atoms with Crippen LogP contribution < -0.4 is 4.74 Å². The predicted molar refractivity (Wildman–Crippen MR) is 46.2 cm³/mol. The van der Waals surface area contributed by atoms with Crippen molar-refractivity contribution in [3.05, 3.63) is 23.9 Å². The fraction of sp³-hybridized carbons (Fsp3) is 0.333. The van der Waals surface area contributed by atoms with Crippen molar-refractivity contribution in [2.75, 3.05) is 13.7 Å².